The van der Waals surface area contributed by atoms with Crippen molar-refractivity contribution in [3.05, 3.63) is 0 Å². The summed E-state index contributed by atoms with van der Waals surface area (Å²) >= 11 is 0. The first-order chi connectivity index (χ1) is 5.49. The Bertz CT molecular complexity index is 242. The van der Waals surface area contributed by atoms with Crippen LogP contribution in [0.5, 0.6) is 0 Å². The van der Waals surface area contributed by atoms with Crippen molar-refractivity contribution in [1.29, 1.82) is 0 Å². The number of carbonyl (C=O) groups is 2. The van der Waals surface area contributed by atoms with Crippen LogP contribution in [0.1, 0.15) is 0 Å². The Kier molecular flexibility index (Phi) is 9.16. The zero-order chi connectivity index (χ0) is 9.61. The van der Waals surface area contributed by atoms with Crippen molar-refractivity contribution < 1.29 is 52.1 Å². The van der Waals surface area contributed by atoms with Crippen LogP contribution in [0.25, 0.3) is 0 Å². The molecule has 0 heterocycles. The summed E-state index contributed by atoms with van der Waals surface area (Å²) < 4.78 is 30.5. The Hall–Kier alpha value is 0.210. The van der Waals surface area contributed by atoms with Gasteiger partial charge in [-0.1, -0.05) is 0 Å². The topological polar surface area (TPSA) is 94.6 Å². The van der Waals surface area contributed by atoms with Gasteiger partial charge in [0.25, 0.3) is 0 Å². The Labute approximate surface area is 98.3 Å². The van der Waals surface area contributed by atoms with Gasteiger partial charge in [0.15, 0.2) is 0 Å². The smallest absolute Gasteiger partial charge is 0.747 e. The Balaban J connectivity index is 0. The molecule has 0 aliphatic carbocycles. The number of aldehydes is 2. The molecule has 0 atom stereocenters. The van der Waals surface area contributed by atoms with E-state index in [1.165, 1.54) is 0 Å². The number of carbonyl (C=O) groups excluding carboxylic acids is 2. The van der Waals surface area contributed by atoms with Crippen LogP contribution in [-0.4, -0.2) is 49.4 Å². The van der Waals surface area contributed by atoms with Gasteiger partial charge in [0.2, 0.25) is 0 Å². The van der Waals surface area contributed by atoms with Crippen molar-refractivity contribution in [2.24, 2.45) is 0 Å². The molecule has 0 saturated carbocycles. The summed E-state index contributed by atoms with van der Waals surface area (Å²) in [6.45, 7) is -0.472. The van der Waals surface area contributed by atoms with Crippen molar-refractivity contribution in [2.45, 2.75) is 0 Å². The maximum Gasteiger partial charge on any atom is 1.00 e. The number of nitrogens with zero attached hydrogens (tertiary/aromatic N) is 1. The molecule has 0 aromatic heterocycles. The fourth-order valence-corrected chi connectivity index (χ4v) is 1.27. The van der Waals surface area contributed by atoms with Crippen LogP contribution < -0.4 is 29.6 Å². The van der Waals surface area contributed by atoms with E-state index >= 15 is 0 Å². The minimum Gasteiger partial charge on any atom is -0.747 e. The first-order valence-electron chi connectivity index (χ1n) is 3.03. The van der Waals surface area contributed by atoms with Gasteiger partial charge in [-0.05, 0) is 0 Å². The Morgan fingerprint density at radius 3 is 1.77 bits per heavy atom. The van der Waals surface area contributed by atoms with Gasteiger partial charge < -0.3 is 14.1 Å². The van der Waals surface area contributed by atoms with Gasteiger partial charge >= 0.3 is 29.6 Å². The molecule has 0 aromatic rings. The van der Waals surface area contributed by atoms with Crippen molar-refractivity contribution in [2.75, 3.05) is 19.0 Å². The van der Waals surface area contributed by atoms with Crippen LogP contribution in [0.3, 0.4) is 0 Å². The third-order valence-corrected chi connectivity index (χ3v) is 1.69. The van der Waals surface area contributed by atoms with Gasteiger partial charge in [0.1, 0.15) is 22.7 Å². The molecule has 0 bridgehead atoms. The summed E-state index contributed by atoms with van der Waals surface area (Å²) in [6.07, 6.45) is 0.851. The molecular weight excluding hydrogens is 209 g/mol. The van der Waals surface area contributed by atoms with Crippen LogP contribution in [0.2, 0.25) is 0 Å². The SMILES string of the molecule is O=CCN(CC=O)CS(=O)(=O)[O-].[Na+]. The van der Waals surface area contributed by atoms with Crippen LogP contribution in [0.4, 0.5) is 0 Å². The van der Waals surface area contributed by atoms with Crippen LogP contribution in [0, 0.1) is 0 Å². The van der Waals surface area contributed by atoms with E-state index in [0.29, 0.717) is 12.6 Å². The molecule has 8 heteroatoms. The largest absolute Gasteiger partial charge is 1.00 e. The van der Waals surface area contributed by atoms with E-state index in [0.717, 1.165) is 4.90 Å². The molecule has 0 unspecified atom stereocenters. The molecular formula is C5H8NNaO5S. The predicted molar refractivity (Wildman–Crippen MR) is 38.3 cm³/mol. The van der Waals surface area contributed by atoms with Crippen molar-refractivity contribution in [3.63, 3.8) is 0 Å². The van der Waals surface area contributed by atoms with Gasteiger partial charge in [0.05, 0.1) is 19.0 Å². The molecule has 70 valence electrons. The molecule has 6 nitrogen and oxygen atoms in total. The minimum absolute atomic E-state index is 0. The summed E-state index contributed by atoms with van der Waals surface area (Å²) in [6, 6.07) is 0. The second kappa shape index (κ2) is 7.60. The molecule has 0 radical (unpaired) electrons. The number of hydrogen-bond acceptors (Lipinski definition) is 6. The maximum atomic E-state index is 10.2. The monoisotopic (exact) mass is 217 g/mol. The molecule has 0 fully saturated rings. The van der Waals surface area contributed by atoms with E-state index in [9.17, 15) is 22.6 Å². The predicted octanol–water partition coefficient (Wildman–Crippen LogP) is -4.81. The van der Waals surface area contributed by atoms with Gasteiger partial charge in [-0.2, -0.15) is 0 Å². The van der Waals surface area contributed by atoms with Gasteiger partial charge in [-0.3, -0.25) is 4.90 Å². The van der Waals surface area contributed by atoms with E-state index in [4.69, 9.17) is 0 Å². The summed E-state index contributed by atoms with van der Waals surface area (Å²) in [5, 5.41) is 0. The van der Waals surface area contributed by atoms with Crippen molar-refractivity contribution >= 4 is 22.7 Å². The second-order valence-electron chi connectivity index (χ2n) is 2.06. The van der Waals surface area contributed by atoms with E-state index in [1.807, 2.05) is 0 Å². The number of rotatable bonds is 6. The molecule has 0 amide bonds. The molecule has 0 rings (SSSR count). The first-order valence-corrected chi connectivity index (χ1v) is 4.60. The summed E-state index contributed by atoms with van der Waals surface area (Å²) in [4.78, 5) is 20.8. The van der Waals surface area contributed by atoms with Crippen molar-refractivity contribution in [1.82, 2.24) is 4.90 Å². The van der Waals surface area contributed by atoms with Gasteiger partial charge in [0, 0.05) is 0 Å². The molecule has 0 N–H and O–H groups in total. The Morgan fingerprint density at radius 2 is 1.54 bits per heavy atom. The van der Waals surface area contributed by atoms with E-state index in [2.05, 4.69) is 0 Å². The fourth-order valence-electron chi connectivity index (χ4n) is 0.614. The number of hydrogen-bond donors (Lipinski definition) is 0. The summed E-state index contributed by atoms with van der Waals surface area (Å²) in [5.41, 5.74) is 0. The average molecular weight is 217 g/mol. The molecule has 0 aliphatic heterocycles. The van der Waals surface area contributed by atoms with Gasteiger partial charge in [-0.25, -0.2) is 8.42 Å². The third-order valence-electron chi connectivity index (χ3n) is 1.01. The third kappa shape index (κ3) is 10.1. The molecule has 0 aliphatic rings. The van der Waals surface area contributed by atoms with Crippen LogP contribution in [0.15, 0.2) is 0 Å². The van der Waals surface area contributed by atoms with Crippen molar-refractivity contribution in [3.8, 4) is 0 Å². The molecule has 0 aromatic carbocycles. The van der Waals surface area contributed by atoms with E-state index in [1.54, 1.807) is 0 Å². The average Bonchev–Trinajstić information content (AvgIpc) is 1.84. The minimum atomic E-state index is -4.41. The van der Waals surface area contributed by atoms with E-state index in [-0.39, 0.29) is 42.6 Å². The van der Waals surface area contributed by atoms with Crippen LogP contribution >= 0.6 is 0 Å². The summed E-state index contributed by atoms with van der Waals surface area (Å²) in [7, 11) is -4.41. The van der Waals surface area contributed by atoms with Gasteiger partial charge in [-0.15, -0.1) is 0 Å². The standard InChI is InChI=1S/C5H9NO5S.Na/c7-3-1-6(2-4-8)5-12(9,10)11;/h3-4H,1-2,5H2,(H,9,10,11);/q;+1/p-1. The molecule has 0 spiro atoms. The first kappa shape index (κ1) is 15.7. The zero-order valence-electron chi connectivity index (χ0n) is 7.17. The maximum absolute atomic E-state index is 10.2. The normalized spacial score (nSPS) is 10.6. The van der Waals surface area contributed by atoms with E-state index < -0.39 is 16.0 Å². The fraction of sp³-hybridized carbons (Fsp3) is 0.600. The van der Waals surface area contributed by atoms with Crippen LogP contribution in [-0.2, 0) is 19.7 Å². The molecule has 0 saturated heterocycles. The molecule has 13 heavy (non-hydrogen) atoms. The quantitative estimate of drug-likeness (QED) is 0.252. The zero-order valence-corrected chi connectivity index (χ0v) is 9.99. The Morgan fingerprint density at radius 1 is 1.15 bits per heavy atom. The second-order valence-corrected chi connectivity index (χ2v) is 3.43. The summed E-state index contributed by atoms with van der Waals surface area (Å²) in [5.74, 6) is -0.815.